The summed E-state index contributed by atoms with van der Waals surface area (Å²) in [5.74, 6) is 0.307. The van der Waals surface area contributed by atoms with E-state index in [9.17, 15) is 0 Å². The van der Waals surface area contributed by atoms with Crippen LogP contribution < -0.4 is 5.73 Å². The number of morpholine rings is 1. The second kappa shape index (κ2) is 5.94. The van der Waals surface area contributed by atoms with Crippen molar-refractivity contribution in [3.63, 3.8) is 0 Å². The number of hydrogen-bond acceptors (Lipinski definition) is 3. The van der Waals surface area contributed by atoms with Crippen molar-refractivity contribution in [2.75, 3.05) is 32.8 Å². The van der Waals surface area contributed by atoms with E-state index in [0.717, 1.165) is 52.1 Å². The monoisotopic (exact) mass is 185 g/mol. The lowest BCUT2D eigenvalue weighted by Crippen LogP contribution is -2.36. The van der Waals surface area contributed by atoms with Gasteiger partial charge in [-0.3, -0.25) is 10.3 Å². The molecule has 1 rings (SSSR count). The molecule has 0 saturated carbocycles. The van der Waals surface area contributed by atoms with Crippen LogP contribution in [0.15, 0.2) is 0 Å². The Hall–Kier alpha value is -0.610. The highest BCUT2D eigenvalue weighted by Gasteiger charge is 2.08. The molecule has 0 aromatic carbocycles. The van der Waals surface area contributed by atoms with Crippen LogP contribution >= 0.6 is 0 Å². The quantitative estimate of drug-likeness (QED) is 0.371. The van der Waals surface area contributed by atoms with E-state index in [2.05, 4.69) is 4.90 Å². The molecule has 4 heteroatoms. The summed E-state index contributed by atoms with van der Waals surface area (Å²) < 4.78 is 5.25. The molecule has 0 radical (unpaired) electrons. The molecule has 0 spiro atoms. The molecule has 1 saturated heterocycles. The maximum absolute atomic E-state index is 7.06. The predicted molar refractivity (Wildman–Crippen MR) is 53.0 cm³/mol. The van der Waals surface area contributed by atoms with E-state index in [0.29, 0.717) is 5.84 Å². The second-order valence-corrected chi connectivity index (χ2v) is 3.44. The van der Waals surface area contributed by atoms with E-state index in [1.54, 1.807) is 0 Å². The Bertz CT molecular complexity index is 155. The molecule has 0 bridgehead atoms. The van der Waals surface area contributed by atoms with Crippen molar-refractivity contribution in [3.8, 4) is 0 Å². The summed E-state index contributed by atoms with van der Waals surface area (Å²) in [4.78, 5) is 2.41. The van der Waals surface area contributed by atoms with E-state index in [4.69, 9.17) is 15.9 Å². The van der Waals surface area contributed by atoms with E-state index in [-0.39, 0.29) is 0 Å². The number of hydrogen-bond donors (Lipinski definition) is 2. The first-order valence-corrected chi connectivity index (χ1v) is 4.92. The molecule has 0 atom stereocenters. The van der Waals surface area contributed by atoms with E-state index >= 15 is 0 Å². The van der Waals surface area contributed by atoms with Gasteiger partial charge < -0.3 is 10.5 Å². The first-order valence-electron chi connectivity index (χ1n) is 4.92. The van der Waals surface area contributed by atoms with Crippen LogP contribution in [0.4, 0.5) is 0 Å². The van der Waals surface area contributed by atoms with Crippen molar-refractivity contribution in [2.45, 2.75) is 19.3 Å². The highest BCUT2D eigenvalue weighted by atomic mass is 16.5. The Morgan fingerprint density at radius 3 is 2.62 bits per heavy atom. The van der Waals surface area contributed by atoms with Crippen LogP contribution in [0.3, 0.4) is 0 Å². The normalized spacial score (nSPS) is 18.8. The summed E-state index contributed by atoms with van der Waals surface area (Å²) in [6.07, 6.45) is 2.91. The summed E-state index contributed by atoms with van der Waals surface area (Å²) in [6, 6.07) is 0. The van der Waals surface area contributed by atoms with Crippen LogP contribution in [0.2, 0.25) is 0 Å². The zero-order valence-electron chi connectivity index (χ0n) is 8.09. The molecule has 1 aliphatic rings. The maximum Gasteiger partial charge on any atom is 0.0905 e. The molecular formula is C9H19N3O. The van der Waals surface area contributed by atoms with Gasteiger partial charge in [-0.25, -0.2) is 0 Å². The highest BCUT2D eigenvalue weighted by Crippen LogP contribution is 2.01. The standard InChI is InChI=1S/C9H19N3O/c10-9(11)3-1-2-4-12-5-7-13-8-6-12/h1-8H2,(H3,10,11). The smallest absolute Gasteiger partial charge is 0.0905 e. The SMILES string of the molecule is N=C(N)CCCCN1CCOCC1. The third-order valence-electron chi connectivity index (χ3n) is 2.27. The zero-order chi connectivity index (χ0) is 9.52. The van der Waals surface area contributed by atoms with Crippen LogP contribution in [0.5, 0.6) is 0 Å². The third kappa shape index (κ3) is 4.85. The van der Waals surface area contributed by atoms with Crippen LogP contribution in [-0.4, -0.2) is 43.6 Å². The lowest BCUT2D eigenvalue weighted by molar-refractivity contribution is 0.0372. The Morgan fingerprint density at radius 2 is 2.00 bits per heavy atom. The molecule has 3 N–H and O–H groups in total. The molecule has 1 aliphatic heterocycles. The van der Waals surface area contributed by atoms with E-state index < -0.39 is 0 Å². The van der Waals surface area contributed by atoms with Gasteiger partial charge in [0.2, 0.25) is 0 Å². The van der Waals surface area contributed by atoms with Crippen LogP contribution in [0.25, 0.3) is 0 Å². The maximum atomic E-state index is 7.06. The summed E-state index contributed by atoms with van der Waals surface area (Å²) >= 11 is 0. The van der Waals surface area contributed by atoms with Gasteiger partial charge in [-0.1, -0.05) is 0 Å². The number of nitrogens with one attached hydrogen (secondary N) is 1. The first kappa shape index (κ1) is 10.5. The van der Waals surface area contributed by atoms with Crippen LogP contribution in [0, 0.1) is 5.41 Å². The van der Waals surface area contributed by atoms with Crippen molar-refractivity contribution in [1.29, 1.82) is 5.41 Å². The molecule has 1 heterocycles. The molecule has 0 aliphatic carbocycles. The Labute approximate surface area is 79.6 Å². The lowest BCUT2D eigenvalue weighted by Gasteiger charge is -2.26. The average molecular weight is 185 g/mol. The van der Waals surface area contributed by atoms with Gasteiger partial charge in [0, 0.05) is 19.5 Å². The van der Waals surface area contributed by atoms with Gasteiger partial charge in [0.05, 0.1) is 19.0 Å². The topological polar surface area (TPSA) is 62.3 Å². The van der Waals surface area contributed by atoms with Crippen molar-refractivity contribution >= 4 is 5.84 Å². The molecule has 0 amide bonds. The minimum absolute atomic E-state index is 0.307. The molecule has 0 unspecified atom stereocenters. The molecule has 76 valence electrons. The Balaban J connectivity index is 1.95. The van der Waals surface area contributed by atoms with E-state index in [1.165, 1.54) is 0 Å². The first-order chi connectivity index (χ1) is 6.29. The Morgan fingerprint density at radius 1 is 1.31 bits per heavy atom. The molecule has 0 aromatic heterocycles. The fourth-order valence-electron chi connectivity index (χ4n) is 1.48. The molecule has 0 aromatic rings. The van der Waals surface area contributed by atoms with Crippen molar-refractivity contribution < 1.29 is 4.74 Å². The van der Waals surface area contributed by atoms with Gasteiger partial charge in [0.1, 0.15) is 0 Å². The van der Waals surface area contributed by atoms with Crippen molar-refractivity contribution in [1.82, 2.24) is 4.90 Å². The highest BCUT2D eigenvalue weighted by molar-refractivity contribution is 5.76. The summed E-state index contributed by atoms with van der Waals surface area (Å²) in [5, 5.41) is 7.06. The average Bonchev–Trinajstić information content (AvgIpc) is 2.14. The molecule has 1 fully saturated rings. The van der Waals surface area contributed by atoms with Crippen molar-refractivity contribution in [2.24, 2.45) is 5.73 Å². The number of nitrogens with two attached hydrogens (primary N) is 1. The van der Waals surface area contributed by atoms with Gasteiger partial charge in [-0.2, -0.15) is 0 Å². The van der Waals surface area contributed by atoms with Crippen LogP contribution in [-0.2, 0) is 4.74 Å². The van der Waals surface area contributed by atoms with Gasteiger partial charge >= 0.3 is 0 Å². The van der Waals surface area contributed by atoms with Gasteiger partial charge in [0.15, 0.2) is 0 Å². The van der Waals surface area contributed by atoms with Gasteiger partial charge in [0.25, 0.3) is 0 Å². The number of nitrogens with zero attached hydrogens (tertiary/aromatic N) is 1. The van der Waals surface area contributed by atoms with Crippen molar-refractivity contribution in [3.05, 3.63) is 0 Å². The number of rotatable bonds is 5. The summed E-state index contributed by atoms with van der Waals surface area (Å²) in [5.41, 5.74) is 5.26. The number of amidine groups is 1. The number of ether oxygens (including phenoxy) is 1. The zero-order valence-corrected chi connectivity index (χ0v) is 8.09. The second-order valence-electron chi connectivity index (χ2n) is 3.44. The molecular weight excluding hydrogens is 166 g/mol. The molecule has 13 heavy (non-hydrogen) atoms. The third-order valence-corrected chi connectivity index (χ3v) is 2.27. The largest absolute Gasteiger partial charge is 0.388 e. The van der Waals surface area contributed by atoms with E-state index in [1.807, 2.05) is 0 Å². The fraction of sp³-hybridized carbons (Fsp3) is 0.889. The fourth-order valence-corrected chi connectivity index (χ4v) is 1.48. The van der Waals surface area contributed by atoms with Crippen LogP contribution in [0.1, 0.15) is 19.3 Å². The minimum Gasteiger partial charge on any atom is -0.388 e. The van der Waals surface area contributed by atoms with Gasteiger partial charge in [-0.05, 0) is 19.4 Å². The summed E-state index contributed by atoms with van der Waals surface area (Å²) in [6.45, 7) is 4.97. The summed E-state index contributed by atoms with van der Waals surface area (Å²) in [7, 11) is 0. The predicted octanol–water partition coefficient (Wildman–Crippen LogP) is 0.425. The Kier molecular flexibility index (Phi) is 4.78. The molecule has 4 nitrogen and oxygen atoms in total. The number of unbranched alkanes of at least 4 members (excludes halogenated alkanes) is 1. The minimum atomic E-state index is 0.307. The van der Waals surface area contributed by atoms with Gasteiger partial charge in [-0.15, -0.1) is 0 Å². The lowest BCUT2D eigenvalue weighted by atomic mass is 10.2.